The summed E-state index contributed by atoms with van der Waals surface area (Å²) in [6.07, 6.45) is 0. The van der Waals surface area contributed by atoms with Gasteiger partial charge < -0.3 is 15.6 Å². The minimum atomic E-state index is -1.36. The molecule has 0 aliphatic heterocycles. The fraction of sp³-hybridized carbons (Fsp3) is 0. The molecular weight excluding hydrogens is 273 g/mol. The van der Waals surface area contributed by atoms with E-state index in [2.05, 4.69) is 0 Å². The first-order valence-corrected chi connectivity index (χ1v) is 5.61. The maximum Gasteiger partial charge on any atom is 0.341 e. The van der Waals surface area contributed by atoms with Gasteiger partial charge in [-0.1, -0.05) is 11.6 Å². The molecule has 0 unspecified atom stereocenters. The summed E-state index contributed by atoms with van der Waals surface area (Å²) in [6.45, 7) is 0. The highest BCUT2D eigenvalue weighted by atomic mass is 35.5. The Morgan fingerprint density at radius 2 is 1.84 bits per heavy atom. The van der Waals surface area contributed by atoms with Crippen LogP contribution in [0.1, 0.15) is 10.4 Å². The Bertz CT molecular complexity index is 629. The molecule has 0 saturated carbocycles. The van der Waals surface area contributed by atoms with Gasteiger partial charge in [0.2, 0.25) is 0 Å². The minimum Gasteiger partial charge on any atom is -0.477 e. The van der Waals surface area contributed by atoms with Gasteiger partial charge in [0.15, 0.2) is 0 Å². The van der Waals surface area contributed by atoms with E-state index in [1.807, 2.05) is 0 Å². The maximum atomic E-state index is 13.2. The number of rotatable bonds is 3. The first kappa shape index (κ1) is 13.2. The lowest BCUT2D eigenvalue weighted by molar-refractivity contribution is 0.0695. The van der Waals surface area contributed by atoms with E-state index >= 15 is 0 Å². The number of ether oxygens (including phenoxy) is 1. The van der Waals surface area contributed by atoms with Crippen LogP contribution in [0.5, 0.6) is 11.5 Å². The predicted octanol–water partition coefficient (Wildman–Crippen LogP) is 3.55. The van der Waals surface area contributed by atoms with E-state index in [-0.39, 0.29) is 5.75 Å². The molecule has 0 aromatic heterocycles. The van der Waals surface area contributed by atoms with Crippen LogP contribution in [0.3, 0.4) is 0 Å². The zero-order valence-corrected chi connectivity index (χ0v) is 10.3. The van der Waals surface area contributed by atoms with Crippen molar-refractivity contribution in [3.05, 3.63) is 52.8 Å². The number of hydrogen-bond acceptors (Lipinski definition) is 3. The van der Waals surface area contributed by atoms with Crippen LogP contribution in [0, 0.1) is 5.82 Å². The standard InChI is InChI=1S/C13H9ClFNO3/c14-7-1-3-8(4-2-7)19-10-6-5-9(15)12(16)11(10)13(17)18/h1-6H,16H2,(H,17,18). The summed E-state index contributed by atoms with van der Waals surface area (Å²) in [5.41, 5.74) is 4.54. The van der Waals surface area contributed by atoms with Crippen LogP contribution in [0.2, 0.25) is 5.02 Å². The fourth-order valence-electron chi connectivity index (χ4n) is 1.51. The van der Waals surface area contributed by atoms with Crippen molar-refractivity contribution < 1.29 is 19.0 Å². The molecule has 19 heavy (non-hydrogen) atoms. The highest BCUT2D eigenvalue weighted by Gasteiger charge is 2.19. The van der Waals surface area contributed by atoms with Crippen LogP contribution >= 0.6 is 11.6 Å². The Morgan fingerprint density at radius 1 is 1.21 bits per heavy atom. The van der Waals surface area contributed by atoms with E-state index in [0.717, 1.165) is 6.07 Å². The average molecular weight is 282 g/mol. The lowest BCUT2D eigenvalue weighted by Crippen LogP contribution is -2.07. The molecule has 98 valence electrons. The van der Waals surface area contributed by atoms with Crippen LogP contribution in [0.25, 0.3) is 0 Å². The van der Waals surface area contributed by atoms with Crippen molar-refractivity contribution in [3.8, 4) is 11.5 Å². The number of nitrogen functional groups attached to an aromatic ring is 1. The van der Waals surface area contributed by atoms with Gasteiger partial charge in [0.1, 0.15) is 22.9 Å². The lowest BCUT2D eigenvalue weighted by Gasteiger charge is -2.11. The molecule has 0 fully saturated rings. The van der Waals surface area contributed by atoms with Gasteiger partial charge in [0, 0.05) is 5.02 Å². The van der Waals surface area contributed by atoms with E-state index in [1.54, 1.807) is 24.3 Å². The number of carbonyl (C=O) groups is 1. The van der Waals surface area contributed by atoms with E-state index in [4.69, 9.17) is 27.2 Å². The minimum absolute atomic E-state index is 0.0336. The molecule has 0 aliphatic rings. The van der Waals surface area contributed by atoms with Gasteiger partial charge in [0.05, 0.1) is 5.69 Å². The molecule has 0 heterocycles. The van der Waals surface area contributed by atoms with Crippen molar-refractivity contribution >= 4 is 23.3 Å². The summed E-state index contributed by atoms with van der Waals surface area (Å²) in [5.74, 6) is -1.83. The second kappa shape index (κ2) is 5.16. The smallest absolute Gasteiger partial charge is 0.341 e. The molecule has 0 amide bonds. The highest BCUT2D eigenvalue weighted by Crippen LogP contribution is 2.31. The number of nitrogens with two attached hydrogens (primary N) is 1. The Balaban J connectivity index is 2.42. The second-order valence-corrected chi connectivity index (χ2v) is 4.13. The summed E-state index contributed by atoms with van der Waals surface area (Å²) in [4.78, 5) is 11.1. The average Bonchev–Trinajstić information content (AvgIpc) is 2.36. The van der Waals surface area contributed by atoms with E-state index in [0.29, 0.717) is 10.8 Å². The third-order valence-corrected chi connectivity index (χ3v) is 2.66. The van der Waals surface area contributed by atoms with Gasteiger partial charge in [-0.3, -0.25) is 0 Å². The first-order chi connectivity index (χ1) is 8.99. The van der Waals surface area contributed by atoms with Gasteiger partial charge in [-0.2, -0.15) is 0 Å². The molecule has 0 spiro atoms. The Kier molecular flexibility index (Phi) is 3.57. The van der Waals surface area contributed by atoms with Gasteiger partial charge in [-0.15, -0.1) is 0 Å². The zero-order valence-electron chi connectivity index (χ0n) is 9.56. The van der Waals surface area contributed by atoms with Crippen molar-refractivity contribution in [2.24, 2.45) is 0 Å². The maximum absolute atomic E-state index is 13.2. The molecule has 0 saturated heterocycles. The normalized spacial score (nSPS) is 10.2. The molecule has 2 aromatic rings. The number of carboxylic acid groups (broad SMARTS) is 1. The summed E-state index contributed by atoms with van der Waals surface area (Å²) < 4.78 is 18.6. The highest BCUT2D eigenvalue weighted by molar-refractivity contribution is 6.30. The Labute approximate surface area is 113 Å². The van der Waals surface area contributed by atoms with Crippen LogP contribution < -0.4 is 10.5 Å². The topological polar surface area (TPSA) is 72.5 Å². The number of anilines is 1. The summed E-state index contributed by atoms with van der Waals surface area (Å²) >= 11 is 5.72. The van der Waals surface area contributed by atoms with Gasteiger partial charge in [0.25, 0.3) is 0 Å². The summed E-state index contributed by atoms with van der Waals surface area (Å²) in [7, 11) is 0. The second-order valence-electron chi connectivity index (χ2n) is 3.70. The van der Waals surface area contributed by atoms with Crippen molar-refractivity contribution in [2.75, 3.05) is 5.73 Å². The fourth-order valence-corrected chi connectivity index (χ4v) is 1.64. The van der Waals surface area contributed by atoms with Crippen LogP contribution in [0.4, 0.5) is 10.1 Å². The quantitative estimate of drug-likeness (QED) is 0.844. The number of halogens is 2. The number of benzene rings is 2. The Hall–Kier alpha value is -2.27. The SMILES string of the molecule is Nc1c(F)ccc(Oc2ccc(Cl)cc2)c1C(=O)O. The molecule has 4 nitrogen and oxygen atoms in total. The third kappa shape index (κ3) is 2.77. The molecule has 3 N–H and O–H groups in total. The van der Waals surface area contributed by atoms with Gasteiger partial charge in [-0.05, 0) is 36.4 Å². The largest absolute Gasteiger partial charge is 0.477 e. The zero-order chi connectivity index (χ0) is 14.0. The number of carboxylic acids is 1. The van der Waals surface area contributed by atoms with Gasteiger partial charge in [-0.25, -0.2) is 9.18 Å². The molecule has 0 radical (unpaired) electrons. The van der Waals surface area contributed by atoms with Crippen molar-refractivity contribution in [3.63, 3.8) is 0 Å². The monoisotopic (exact) mass is 281 g/mol. The molecular formula is C13H9ClFNO3. The third-order valence-electron chi connectivity index (χ3n) is 2.41. The van der Waals surface area contributed by atoms with Crippen molar-refractivity contribution in [1.29, 1.82) is 0 Å². The first-order valence-electron chi connectivity index (χ1n) is 5.23. The van der Waals surface area contributed by atoms with Crippen molar-refractivity contribution in [1.82, 2.24) is 0 Å². The van der Waals surface area contributed by atoms with E-state index in [1.165, 1.54) is 6.07 Å². The van der Waals surface area contributed by atoms with Crippen LogP contribution in [-0.2, 0) is 0 Å². The lowest BCUT2D eigenvalue weighted by atomic mass is 10.1. The van der Waals surface area contributed by atoms with Crippen LogP contribution in [0.15, 0.2) is 36.4 Å². The predicted molar refractivity (Wildman–Crippen MR) is 69.3 cm³/mol. The molecule has 0 aliphatic carbocycles. The van der Waals surface area contributed by atoms with Gasteiger partial charge >= 0.3 is 5.97 Å². The van der Waals surface area contributed by atoms with Crippen LogP contribution in [-0.4, -0.2) is 11.1 Å². The number of hydrogen-bond donors (Lipinski definition) is 2. The summed E-state index contributed by atoms with van der Waals surface area (Å²) in [5, 5.41) is 9.56. The Morgan fingerprint density at radius 3 is 2.42 bits per heavy atom. The molecule has 0 bridgehead atoms. The molecule has 2 rings (SSSR count). The van der Waals surface area contributed by atoms with Crippen molar-refractivity contribution in [2.45, 2.75) is 0 Å². The van der Waals surface area contributed by atoms with E-state index < -0.39 is 23.0 Å². The number of aromatic carboxylic acids is 1. The molecule has 6 heteroatoms. The summed E-state index contributed by atoms with van der Waals surface area (Å²) in [6, 6.07) is 8.56. The molecule has 0 atom stereocenters. The molecule has 2 aromatic carbocycles. The van der Waals surface area contributed by atoms with E-state index in [9.17, 15) is 9.18 Å².